The third kappa shape index (κ3) is 4.83. The lowest BCUT2D eigenvalue weighted by atomic mass is 10.2. The first-order valence-corrected chi connectivity index (χ1v) is 10.3. The van der Waals surface area contributed by atoms with E-state index in [9.17, 15) is 21.2 Å². The summed E-state index contributed by atoms with van der Waals surface area (Å²) in [6.07, 6.45) is 0.904. The highest BCUT2D eigenvalue weighted by molar-refractivity contribution is 7.93. The molecule has 0 atom stereocenters. The number of aryl methyl sites for hydroxylation is 1. The Hall–Kier alpha value is -2.33. The molecule has 0 fully saturated rings. The van der Waals surface area contributed by atoms with Gasteiger partial charge in [-0.1, -0.05) is 0 Å². The monoisotopic (exact) mass is 388 g/mol. The molecular weight excluding hydrogens is 371 g/mol. The van der Waals surface area contributed by atoms with Crippen LogP contribution >= 0.6 is 0 Å². The lowest BCUT2D eigenvalue weighted by Crippen LogP contribution is -2.17. The molecule has 2 N–H and O–H groups in total. The molecule has 0 aromatic heterocycles. The number of ether oxygens (including phenoxy) is 1. The molecule has 0 aliphatic rings. The third-order valence-electron chi connectivity index (χ3n) is 3.20. The lowest BCUT2D eigenvalue weighted by molar-refractivity contribution is 0.411. The van der Waals surface area contributed by atoms with E-state index in [0.717, 1.165) is 24.5 Å². The molecule has 0 radical (unpaired) electrons. The summed E-state index contributed by atoms with van der Waals surface area (Å²) < 4.78 is 70.8. The number of halogens is 1. The van der Waals surface area contributed by atoms with Gasteiger partial charge in [-0.15, -0.1) is 0 Å². The van der Waals surface area contributed by atoms with Crippen molar-refractivity contribution in [3.05, 3.63) is 47.8 Å². The molecule has 0 heterocycles. The molecule has 0 saturated heterocycles. The van der Waals surface area contributed by atoms with Crippen LogP contribution in [0.5, 0.6) is 5.75 Å². The first-order chi connectivity index (χ1) is 11.5. The minimum absolute atomic E-state index is 0.0691. The Morgan fingerprint density at radius 1 is 0.960 bits per heavy atom. The summed E-state index contributed by atoms with van der Waals surface area (Å²) in [6, 6.07) is 7.25. The first-order valence-electron chi connectivity index (χ1n) is 6.96. The van der Waals surface area contributed by atoms with Crippen molar-refractivity contribution in [2.45, 2.75) is 11.8 Å². The second kappa shape index (κ2) is 6.89. The highest BCUT2D eigenvalue weighted by Crippen LogP contribution is 2.28. The van der Waals surface area contributed by atoms with Crippen LogP contribution in [0, 0.1) is 12.7 Å². The fraction of sp³-hybridized carbons (Fsp3) is 0.200. The zero-order valence-electron chi connectivity index (χ0n) is 13.7. The number of hydrogen-bond acceptors (Lipinski definition) is 5. The number of rotatable bonds is 6. The molecule has 0 aliphatic heterocycles. The number of methoxy groups -OCH3 is 1. The fourth-order valence-corrected chi connectivity index (χ4v) is 3.84. The number of sulfonamides is 2. The van der Waals surface area contributed by atoms with Gasteiger partial charge in [0.1, 0.15) is 11.6 Å². The van der Waals surface area contributed by atoms with Crippen molar-refractivity contribution in [2.75, 3.05) is 22.8 Å². The van der Waals surface area contributed by atoms with Crippen molar-refractivity contribution >= 4 is 31.4 Å². The molecular formula is C15H17FN2O5S2. The van der Waals surface area contributed by atoms with E-state index >= 15 is 0 Å². The Balaban J connectivity index is 2.44. The van der Waals surface area contributed by atoms with Gasteiger partial charge in [0, 0.05) is 6.07 Å². The van der Waals surface area contributed by atoms with E-state index in [2.05, 4.69) is 9.44 Å². The van der Waals surface area contributed by atoms with Gasteiger partial charge in [-0.3, -0.25) is 9.44 Å². The summed E-state index contributed by atoms with van der Waals surface area (Å²) in [4.78, 5) is -0.0691. The molecule has 7 nitrogen and oxygen atoms in total. The molecule has 136 valence electrons. The van der Waals surface area contributed by atoms with Crippen LogP contribution in [-0.4, -0.2) is 30.2 Å². The van der Waals surface area contributed by atoms with Crippen LogP contribution in [0.4, 0.5) is 15.8 Å². The molecule has 0 amide bonds. The average Bonchev–Trinajstić information content (AvgIpc) is 2.48. The van der Waals surface area contributed by atoms with Gasteiger partial charge < -0.3 is 4.74 Å². The zero-order chi connectivity index (χ0) is 18.8. The quantitative estimate of drug-likeness (QED) is 0.791. The Kier molecular flexibility index (Phi) is 5.23. The maximum atomic E-state index is 13.5. The van der Waals surface area contributed by atoms with Gasteiger partial charge >= 0.3 is 0 Å². The Bertz CT molecular complexity index is 1000. The van der Waals surface area contributed by atoms with E-state index < -0.39 is 25.9 Å². The van der Waals surface area contributed by atoms with Crippen LogP contribution in [0.1, 0.15) is 5.56 Å². The summed E-state index contributed by atoms with van der Waals surface area (Å²) >= 11 is 0. The van der Waals surface area contributed by atoms with Crippen LogP contribution in [0.2, 0.25) is 0 Å². The highest BCUT2D eigenvalue weighted by atomic mass is 32.2. The van der Waals surface area contributed by atoms with Gasteiger partial charge in [0.05, 0.1) is 29.6 Å². The van der Waals surface area contributed by atoms with Crippen LogP contribution in [0.15, 0.2) is 41.3 Å². The van der Waals surface area contributed by atoms with Crippen LogP contribution in [-0.2, 0) is 20.0 Å². The van der Waals surface area contributed by atoms with Crippen LogP contribution in [0.3, 0.4) is 0 Å². The van der Waals surface area contributed by atoms with Crippen molar-refractivity contribution in [2.24, 2.45) is 0 Å². The van der Waals surface area contributed by atoms with Gasteiger partial charge in [0.25, 0.3) is 10.0 Å². The maximum Gasteiger partial charge on any atom is 0.261 e. The van der Waals surface area contributed by atoms with E-state index in [1.165, 1.54) is 25.3 Å². The summed E-state index contributed by atoms with van der Waals surface area (Å²) in [5, 5.41) is 0. The van der Waals surface area contributed by atoms with Gasteiger partial charge in [-0.2, -0.15) is 0 Å². The van der Waals surface area contributed by atoms with Gasteiger partial charge in [0.15, 0.2) is 0 Å². The minimum Gasteiger partial charge on any atom is -0.496 e. The van der Waals surface area contributed by atoms with Crippen molar-refractivity contribution in [3.8, 4) is 5.75 Å². The number of nitrogens with one attached hydrogen (secondary N) is 2. The number of benzene rings is 2. The lowest BCUT2D eigenvalue weighted by Gasteiger charge is -2.14. The molecule has 2 aromatic carbocycles. The fourth-order valence-electron chi connectivity index (χ4n) is 2.11. The largest absolute Gasteiger partial charge is 0.496 e. The zero-order valence-corrected chi connectivity index (χ0v) is 15.3. The van der Waals surface area contributed by atoms with E-state index in [4.69, 9.17) is 4.74 Å². The molecule has 2 rings (SSSR count). The molecule has 0 unspecified atom stereocenters. The number of anilines is 2. The normalized spacial score (nSPS) is 11.8. The van der Waals surface area contributed by atoms with Crippen molar-refractivity contribution < 1.29 is 26.0 Å². The summed E-state index contributed by atoms with van der Waals surface area (Å²) in [6.45, 7) is 1.68. The van der Waals surface area contributed by atoms with Crippen LogP contribution < -0.4 is 14.2 Å². The van der Waals surface area contributed by atoms with Gasteiger partial charge in [0.2, 0.25) is 10.0 Å². The van der Waals surface area contributed by atoms with E-state index in [1.54, 1.807) is 6.92 Å². The second-order valence-corrected chi connectivity index (χ2v) is 8.73. The standard InChI is InChI=1S/C15H17FN2O5S2/c1-10-8-12(5-7-15(10)23-2)25(21,22)18-14-9-11(16)4-6-13(14)17-24(3,19)20/h4-9,17-18H,1-3H3. The molecule has 0 saturated carbocycles. The van der Waals surface area contributed by atoms with E-state index in [0.29, 0.717) is 11.3 Å². The summed E-state index contributed by atoms with van der Waals surface area (Å²) in [5.74, 6) is -0.202. The van der Waals surface area contributed by atoms with Crippen LogP contribution in [0.25, 0.3) is 0 Å². The third-order valence-corrected chi connectivity index (χ3v) is 5.15. The van der Waals surface area contributed by atoms with E-state index in [-0.39, 0.29) is 16.3 Å². The number of hydrogen-bond donors (Lipinski definition) is 2. The predicted molar refractivity (Wildman–Crippen MR) is 93.4 cm³/mol. The molecule has 10 heteroatoms. The smallest absolute Gasteiger partial charge is 0.261 e. The molecule has 0 bridgehead atoms. The second-order valence-electron chi connectivity index (χ2n) is 5.30. The summed E-state index contributed by atoms with van der Waals surface area (Å²) in [7, 11) is -6.27. The van der Waals surface area contributed by atoms with Crippen molar-refractivity contribution in [3.63, 3.8) is 0 Å². The highest BCUT2D eigenvalue weighted by Gasteiger charge is 2.19. The Morgan fingerprint density at radius 2 is 1.64 bits per heavy atom. The van der Waals surface area contributed by atoms with Crippen molar-refractivity contribution in [1.82, 2.24) is 0 Å². The Morgan fingerprint density at radius 3 is 2.20 bits per heavy atom. The molecule has 2 aromatic rings. The van der Waals surface area contributed by atoms with E-state index in [1.807, 2.05) is 0 Å². The minimum atomic E-state index is -4.06. The first kappa shape index (κ1) is 19.0. The van der Waals surface area contributed by atoms with Gasteiger partial charge in [-0.05, 0) is 42.8 Å². The van der Waals surface area contributed by atoms with Crippen molar-refractivity contribution in [1.29, 1.82) is 0 Å². The average molecular weight is 388 g/mol. The maximum absolute atomic E-state index is 13.5. The van der Waals surface area contributed by atoms with Gasteiger partial charge in [-0.25, -0.2) is 21.2 Å². The SMILES string of the molecule is COc1ccc(S(=O)(=O)Nc2cc(F)ccc2NS(C)(=O)=O)cc1C. The Labute approximate surface area is 145 Å². The summed E-state index contributed by atoms with van der Waals surface area (Å²) in [5.41, 5.74) is 0.288. The molecule has 0 aliphatic carbocycles. The molecule has 0 spiro atoms. The predicted octanol–water partition coefficient (Wildman–Crippen LogP) is 2.32. The topological polar surface area (TPSA) is 102 Å². The molecule has 25 heavy (non-hydrogen) atoms.